The highest BCUT2D eigenvalue weighted by molar-refractivity contribution is 7.93. The number of benzene rings is 3. The summed E-state index contributed by atoms with van der Waals surface area (Å²) in [6.45, 7) is 0.130. The number of sulfonamides is 2. The number of rotatable bonds is 12. The van der Waals surface area contributed by atoms with E-state index in [1.807, 2.05) is 0 Å². The number of halogens is 1. The highest BCUT2D eigenvalue weighted by Gasteiger charge is 2.32. The van der Waals surface area contributed by atoms with Crippen molar-refractivity contribution in [3.8, 4) is 23.0 Å². The molecule has 44 heavy (non-hydrogen) atoms. The number of carbonyl (C=O) groups excluding carboxylic acids is 1. The summed E-state index contributed by atoms with van der Waals surface area (Å²) >= 11 is 6.23. The molecule has 0 bridgehead atoms. The van der Waals surface area contributed by atoms with Gasteiger partial charge in [0.2, 0.25) is 15.9 Å². The van der Waals surface area contributed by atoms with E-state index in [2.05, 4.69) is 5.32 Å². The lowest BCUT2D eigenvalue weighted by molar-refractivity contribution is -0.114. The van der Waals surface area contributed by atoms with Gasteiger partial charge in [0.25, 0.3) is 10.0 Å². The van der Waals surface area contributed by atoms with Crippen LogP contribution in [0.5, 0.6) is 23.0 Å². The summed E-state index contributed by atoms with van der Waals surface area (Å²) in [6.07, 6.45) is 0. The fourth-order valence-electron chi connectivity index (χ4n) is 4.46. The Balaban J connectivity index is 1.73. The first-order valence-electron chi connectivity index (χ1n) is 13.1. The van der Waals surface area contributed by atoms with E-state index < -0.39 is 32.5 Å². The molecule has 0 unspecified atom stereocenters. The van der Waals surface area contributed by atoms with Crippen molar-refractivity contribution in [3.63, 3.8) is 0 Å². The van der Waals surface area contributed by atoms with Crippen LogP contribution in [0.1, 0.15) is 0 Å². The van der Waals surface area contributed by atoms with Crippen LogP contribution in [0.4, 0.5) is 11.4 Å². The second-order valence-electron chi connectivity index (χ2n) is 9.27. The molecule has 1 aliphatic heterocycles. The lowest BCUT2D eigenvalue weighted by Gasteiger charge is -2.27. The van der Waals surface area contributed by atoms with Gasteiger partial charge in [-0.1, -0.05) is 11.6 Å². The molecule has 16 heteroatoms. The number of hydrogen-bond acceptors (Lipinski definition) is 10. The molecule has 4 rings (SSSR count). The Hall–Kier alpha value is -3.76. The van der Waals surface area contributed by atoms with Crippen LogP contribution in [0, 0.1) is 0 Å². The van der Waals surface area contributed by atoms with Crippen LogP contribution in [-0.4, -0.2) is 88.3 Å². The van der Waals surface area contributed by atoms with Crippen LogP contribution < -0.4 is 28.6 Å². The van der Waals surface area contributed by atoms with Crippen molar-refractivity contribution in [3.05, 3.63) is 59.6 Å². The number of ether oxygens (including phenoxy) is 5. The van der Waals surface area contributed by atoms with Gasteiger partial charge in [0.05, 0.1) is 62.8 Å². The van der Waals surface area contributed by atoms with Gasteiger partial charge in [-0.3, -0.25) is 9.10 Å². The maximum Gasteiger partial charge on any atom is 0.265 e. The Morgan fingerprint density at radius 2 is 1.41 bits per heavy atom. The van der Waals surface area contributed by atoms with Crippen LogP contribution in [0.25, 0.3) is 0 Å². The van der Waals surface area contributed by atoms with E-state index in [1.54, 1.807) is 0 Å². The zero-order valence-electron chi connectivity index (χ0n) is 24.4. The molecule has 13 nitrogen and oxygen atoms in total. The second-order valence-corrected chi connectivity index (χ2v) is 13.5. The fourth-order valence-corrected chi connectivity index (χ4v) is 7.50. The minimum Gasteiger partial charge on any atom is -0.495 e. The van der Waals surface area contributed by atoms with Crippen LogP contribution in [-0.2, 0) is 29.6 Å². The molecule has 0 radical (unpaired) electrons. The average molecular weight is 670 g/mol. The minimum absolute atomic E-state index is 0.0134. The molecule has 238 valence electrons. The average Bonchev–Trinajstić information content (AvgIpc) is 3.03. The van der Waals surface area contributed by atoms with Crippen LogP contribution in [0.2, 0.25) is 5.02 Å². The van der Waals surface area contributed by atoms with E-state index in [4.69, 9.17) is 35.3 Å². The summed E-state index contributed by atoms with van der Waals surface area (Å²) in [5.41, 5.74) is 0.00824. The third kappa shape index (κ3) is 6.97. The molecule has 0 saturated carbocycles. The van der Waals surface area contributed by atoms with Crippen molar-refractivity contribution >= 4 is 48.9 Å². The summed E-state index contributed by atoms with van der Waals surface area (Å²) in [6, 6.07) is 12.3. The molecule has 1 fully saturated rings. The van der Waals surface area contributed by atoms with Gasteiger partial charge in [-0.25, -0.2) is 16.8 Å². The van der Waals surface area contributed by atoms with Crippen molar-refractivity contribution in [2.24, 2.45) is 0 Å². The van der Waals surface area contributed by atoms with E-state index in [1.165, 1.54) is 87.3 Å². The monoisotopic (exact) mass is 669 g/mol. The van der Waals surface area contributed by atoms with Gasteiger partial charge >= 0.3 is 0 Å². The molecule has 0 atom stereocenters. The van der Waals surface area contributed by atoms with Gasteiger partial charge < -0.3 is 29.0 Å². The predicted octanol–water partition coefficient (Wildman–Crippen LogP) is 3.23. The van der Waals surface area contributed by atoms with Crippen molar-refractivity contribution in [2.75, 3.05) is 70.9 Å². The molecule has 1 heterocycles. The number of nitrogens with zero attached hydrogens (tertiary/aromatic N) is 2. The van der Waals surface area contributed by atoms with E-state index in [0.29, 0.717) is 5.75 Å². The van der Waals surface area contributed by atoms with Gasteiger partial charge in [0.15, 0.2) is 11.5 Å². The molecular weight excluding hydrogens is 638 g/mol. The highest BCUT2D eigenvalue weighted by atomic mass is 35.5. The SMILES string of the molecule is COc1ccc(S(=O)(=O)N2CCOCC2)cc1NC(=O)CN(c1cc(Cl)ccc1OC)S(=O)(=O)c1ccc(OC)c(OC)c1. The zero-order chi connectivity index (χ0) is 32.1. The molecular formula is C28H32ClN3O10S2. The molecule has 3 aromatic carbocycles. The summed E-state index contributed by atoms with van der Waals surface area (Å²) in [5, 5.41) is 2.79. The zero-order valence-corrected chi connectivity index (χ0v) is 26.8. The van der Waals surface area contributed by atoms with Crippen molar-refractivity contribution in [1.29, 1.82) is 0 Å². The molecule has 1 amide bonds. The Bertz CT molecular complexity index is 1730. The Morgan fingerprint density at radius 3 is 2.05 bits per heavy atom. The van der Waals surface area contributed by atoms with Crippen LogP contribution >= 0.6 is 11.6 Å². The summed E-state index contributed by atoms with van der Waals surface area (Å²) in [5.74, 6) is -0.0687. The number of anilines is 2. The van der Waals surface area contributed by atoms with E-state index in [-0.39, 0.29) is 69.7 Å². The van der Waals surface area contributed by atoms with Crippen LogP contribution in [0.3, 0.4) is 0 Å². The molecule has 3 aromatic rings. The number of nitrogens with one attached hydrogen (secondary N) is 1. The lowest BCUT2D eigenvalue weighted by Crippen LogP contribution is -2.40. The third-order valence-electron chi connectivity index (χ3n) is 6.69. The smallest absolute Gasteiger partial charge is 0.265 e. The molecule has 0 spiro atoms. The second kappa shape index (κ2) is 13.9. The summed E-state index contributed by atoms with van der Waals surface area (Å²) in [7, 11) is -2.89. The molecule has 1 aliphatic rings. The fraction of sp³-hybridized carbons (Fsp3) is 0.321. The third-order valence-corrected chi connectivity index (χ3v) is 10.6. The van der Waals surface area contributed by atoms with E-state index in [0.717, 1.165) is 4.31 Å². The number of amides is 1. The normalized spacial score (nSPS) is 14.0. The van der Waals surface area contributed by atoms with Crippen molar-refractivity contribution in [2.45, 2.75) is 9.79 Å². The molecule has 0 aromatic heterocycles. The van der Waals surface area contributed by atoms with Crippen molar-refractivity contribution < 1.29 is 45.3 Å². The Kier molecular flexibility index (Phi) is 10.5. The Labute approximate surface area is 261 Å². The summed E-state index contributed by atoms with van der Waals surface area (Å²) in [4.78, 5) is 13.3. The first kappa shape index (κ1) is 33.1. The number of methoxy groups -OCH3 is 4. The number of carbonyl (C=O) groups is 1. The number of hydrogen-bond donors (Lipinski definition) is 1. The largest absolute Gasteiger partial charge is 0.495 e. The van der Waals surface area contributed by atoms with Gasteiger partial charge in [0.1, 0.15) is 18.0 Å². The van der Waals surface area contributed by atoms with Gasteiger partial charge in [-0.2, -0.15) is 4.31 Å². The maximum atomic E-state index is 14.1. The molecule has 1 saturated heterocycles. The first-order valence-corrected chi connectivity index (χ1v) is 16.4. The molecule has 0 aliphatic carbocycles. The van der Waals surface area contributed by atoms with E-state index in [9.17, 15) is 21.6 Å². The predicted molar refractivity (Wildman–Crippen MR) is 163 cm³/mol. The Morgan fingerprint density at radius 1 is 0.818 bits per heavy atom. The van der Waals surface area contributed by atoms with E-state index >= 15 is 0 Å². The topological polar surface area (TPSA) is 150 Å². The van der Waals surface area contributed by atoms with Crippen LogP contribution in [0.15, 0.2) is 64.4 Å². The van der Waals surface area contributed by atoms with Gasteiger partial charge in [-0.15, -0.1) is 0 Å². The minimum atomic E-state index is -4.46. The van der Waals surface area contributed by atoms with Gasteiger partial charge in [-0.05, 0) is 48.5 Å². The quantitative estimate of drug-likeness (QED) is 0.305. The maximum absolute atomic E-state index is 14.1. The first-order chi connectivity index (χ1) is 21.0. The number of morpholine rings is 1. The molecule has 1 N–H and O–H groups in total. The van der Waals surface area contributed by atoms with Gasteiger partial charge in [0, 0.05) is 24.2 Å². The summed E-state index contributed by atoms with van der Waals surface area (Å²) < 4.78 is 83.3. The highest BCUT2D eigenvalue weighted by Crippen LogP contribution is 2.37. The standard InChI is InChI=1S/C28H32ClN3O10S2/c1-38-24-9-6-20(43(34,35)31-11-13-42-14-12-31)16-22(24)30-28(33)18-32(23-15-19(29)5-8-25(23)39-2)44(36,37)21-7-10-26(40-3)27(17-21)41-4/h5-10,15-17H,11-14,18H2,1-4H3,(H,30,33). The van der Waals surface area contributed by atoms with Crippen molar-refractivity contribution in [1.82, 2.24) is 4.31 Å². The lowest BCUT2D eigenvalue weighted by atomic mass is 10.2.